The van der Waals surface area contributed by atoms with Gasteiger partial charge in [0.15, 0.2) is 0 Å². The Morgan fingerprint density at radius 1 is 1.36 bits per heavy atom. The van der Waals surface area contributed by atoms with E-state index in [9.17, 15) is 18.3 Å². The normalized spacial score (nSPS) is 13.0. The summed E-state index contributed by atoms with van der Waals surface area (Å²) in [5, 5.41) is 13.2. The van der Waals surface area contributed by atoms with Crippen molar-refractivity contribution in [3.63, 3.8) is 0 Å². The number of hydrogen-bond donors (Lipinski definition) is 2. The topological polar surface area (TPSA) is 101 Å². The van der Waals surface area contributed by atoms with Gasteiger partial charge in [-0.15, -0.1) is 0 Å². The van der Waals surface area contributed by atoms with Crippen molar-refractivity contribution in [3.05, 3.63) is 47.8 Å². The van der Waals surface area contributed by atoms with Gasteiger partial charge >= 0.3 is 5.97 Å². The first-order chi connectivity index (χ1) is 10.3. The second kappa shape index (κ2) is 6.29. The summed E-state index contributed by atoms with van der Waals surface area (Å²) in [6.07, 6.45) is 1.25. The number of nitrogens with one attached hydrogen (secondary N) is 1. The molecule has 2 N–H and O–H groups in total. The number of aromatic nitrogens is 2. The van der Waals surface area contributed by atoms with Crippen LogP contribution in [0.5, 0.6) is 0 Å². The van der Waals surface area contributed by atoms with Gasteiger partial charge in [-0.3, -0.25) is 9.48 Å². The number of benzene rings is 1. The van der Waals surface area contributed by atoms with E-state index in [4.69, 9.17) is 0 Å². The van der Waals surface area contributed by atoms with Crippen LogP contribution in [0.2, 0.25) is 0 Å². The Labute approximate surface area is 128 Å². The number of aryl methyl sites for hydroxylation is 1. The minimum atomic E-state index is -3.80. The van der Waals surface area contributed by atoms with Gasteiger partial charge in [-0.25, -0.2) is 13.1 Å². The molecule has 0 saturated heterocycles. The highest BCUT2D eigenvalue weighted by Gasteiger charge is 2.25. The quantitative estimate of drug-likeness (QED) is 0.821. The lowest BCUT2D eigenvalue weighted by Crippen LogP contribution is -2.32. The zero-order valence-corrected chi connectivity index (χ0v) is 13.0. The Balaban J connectivity index is 2.19. The minimum Gasteiger partial charge on any atom is -0.481 e. The summed E-state index contributed by atoms with van der Waals surface area (Å²) < 4.78 is 28.3. The SMILES string of the molecule is Cc1c(S(=O)(=O)NCC(C(=O)O)c2ccccc2)cnn1C. The van der Waals surface area contributed by atoms with Crippen LogP contribution in [0.1, 0.15) is 17.2 Å². The highest BCUT2D eigenvalue weighted by molar-refractivity contribution is 7.89. The van der Waals surface area contributed by atoms with Crippen LogP contribution in [0.3, 0.4) is 0 Å². The summed E-state index contributed by atoms with van der Waals surface area (Å²) in [6.45, 7) is 1.41. The van der Waals surface area contributed by atoms with Crippen LogP contribution >= 0.6 is 0 Å². The third-order valence-electron chi connectivity index (χ3n) is 3.46. The number of hydrogen-bond acceptors (Lipinski definition) is 4. The third kappa shape index (κ3) is 3.34. The van der Waals surface area contributed by atoms with E-state index in [2.05, 4.69) is 9.82 Å². The number of carboxylic acid groups (broad SMARTS) is 1. The molecule has 0 aliphatic heterocycles. The molecule has 2 rings (SSSR count). The first-order valence-corrected chi connectivity index (χ1v) is 8.07. The third-order valence-corrected chi connectivity index (χ3v) is 4.98. The predicted molar refractivity (Wildman–Crippen MR) is 80.0 cm³/mol. The van der Waals surface area contributed by atoms with Crippen molar-refractivity contribution in [2.75, 3.05) is 6.54 Å². The van der Waals surface area contributed by atoms with E-state index in [0.717, 1.165) is 0 Å². The van der Waals surface area contributed by atoms with Gasteiger partial charge in [-0.2, -0.15) is 5.10 Å². The van der Waals surface area contributed by atoms with Crippen LogP contribution < -0.4 is 4.72 Å². The molecule has 1 heterocycles. The van der Waals surface area contributed by atoms with E-state index in [0.29, 0.717) is 11.3 Å². The van der Waals surface area contributed by atoms with Crippen LogP contribution in [0.25, 0.3) is 0 Å². The monoisotopic (exact) mass is 323 g/mol. The number of carboxylic acids is 1. The van der Waals surface area contributed by atoms with Gasteiger partial charge in [0.25, 0.3) is 0 Å². The second-order valence-corrected chi connectivity index (χ2v) is 6.61. The zero-order chi connectivity index (χ0) is 16.3. The van der Waals surface area contributed by atoms with Crippen molar-refractivity contribution < 1.29 is 18.3 Å². The molecule has 7 nitrogen and oxygen atoms in total. The lowest BCUT2D eigenvalue weighted by atomic mass is 10.00. The molecule has 0 amide bonds. The van der Waals surface area contributed by atoms with Crippen LogP contribution in [-0.4, -0.2) is 35.8 Å². The van der Waals surface area contributed by atoms with Crippen molar-refractivity contribution in [2.24, 2.45) is 7.05 Å². The van der Waals surface area contributed by atoms with Crippen molar-refractivity contribution in [2.45, 2.75) is 17.7 Å². The van der Waals surface area contributed by atoms with Gasteiger partial charge in [-0.05, 0) is 12.5 Å². The fraction of sp³-hybridized carbons (Fsp3) is 0.286. The van der Waals surface area contributed by atoms with Gasteiger partial charge in [0.1, 0.15) is 4.90 Å². The molecule has 0 spiro atoms. The van der Waals surface area contributed by atoms with Crippen molar-refractivity contribution in [1.29, 1.82) is 0 Å². The molecule has 2 aromatic rings. The van der Waals surface area contributed by atoms with Gasteiger partial charge in [0, 0.05) is 13.6 Å². The fourth-order valence-electron chi connectivity index (χ4n) is 2.05. The van der Waals surface area contributed by atoms with E-state index in [1.165, 1.54) is 10.9 Å². The number of rotatable bonds is 6. The van der Waals surface area contributed by atoms with Crippen molar-refractivity contribution in [3.8, 4) is 0 Å². The number of carbonyl (C=O) groups is 1. The Morgan fingerprint density at radius 2 is 2.00 bits per heavy atom. The van der Waals surface area contributed by atoms with Gasteiger partial charge in [-0.1, -0.05) is 30.3 Å². The van der Waals surface area contributed by atoms with Crippen LogP contribution in [0, 0.1) is 6.92 Å². The summed E-state index contributed by atoms with van der Waals surface area (Å²) >= 11 is 0. The molecule has 0 bridgehead atoms. The zero-order valence-electron chi connectivity index (χ0n) is 12.2. The first-order valence-electron chi connectivity index (χ1n) is 6.59. The maximum atomic E-state index is 12.3. The minimum absolute atomic E-state index is 0.0483. The van der Waals surface area contributed by atoms with Gasteiger partial charge < -0.3 is 5.11 Å². The average Bonchev–Trinajstić information content (AvgIpc) is 2.80. The van der Waals surface area contributed by atoms with E-state index in [-0.39, 0.29) is 11.4 Å². The van der Waals surface area contributed by atoms with Crippen LogP contribution in [0.15, 0.2) is 41.4 Å². The molecule has 1 unspecified atom stereocenters. The molecular weight excluding hydrogens is 306 g/mol. The summed E-state index contributed by atoms with van der Waals surface area (Å²) in [7, 11) is -2.17. The Kier molecular flexibility index (Phi) is 4.62. The summed E-state index contributed by atoms with van der Waals surface area (Å²) in [4.78, 5) is 11.4. The highest BCUT2D eigenvalue weighted by Crippen LogP contribution is 2.17. The second-order valence-electron chi connectivity index (χ2n) is 4.87. The molecule has 0 aliphatic carbocycles. The lowest BCUT2D eigenvalue weighted by Gasteiger charge is -2.14. The molecule has 0 radical (unpaired) electrons. The predicted octanol–water partition coefficient (Wildman–Crippen LogP) is 0.875. The summed E-state index contributed by atoms with van der Waals surface area (Å²) in [5.74, 6) is -2.04. The molecule has 118 valence electrons. The standard InChI is InChI=1S/C14H17N3O4S/c1-10-13(9-15-17(10)2)22(20,21)16-8-12(14(18)19)11-6-4-3-5-7-11/h3-7,9,12,16H,8H2,1-2H3,(H,18,19). The fourth-order valence-corrected chi connectivity index (χ4v) is 3.29. The maximum Gasteiger partial charge on any atom is 0.312 e. The molecule has 1 aromatic heterocycles. The van der Waals surface area contributed by atoms with Crippen LogP contribution in [0.4, 0.5) is 0 Å². The van der Waals surface area contributed by atoms with Crippen LogP contribution in [-0.2, 0) is 21.9 Å². The molecule has 0 saturated carbocycles. The smallest absolute Gasteiger partial charge is 0.312 e. The highest BCUT2D eigenvalue weighted by atomic mass is 32.2. The molecule has 0 fully saturated rings. The van der Waals surface area contributed by atoms with Crippen molar-refractivity contribution >= 4 is 16.0 Å². The molecule has 1 aromatic carbocycles. The molecule has 0 aliphatic rings. The maximum absolute atomic E-state index is 12.3. The molecular formula is C14H17N3O4S. The first kappa shape index (κ1) is 16.2. The molecule has 22 heavy (non-hydrogen) atoms. The Bertz CT molecular complexity index is 769. The van der Waals surface area contributed by atoms with Crippen molar-refractivity contribution in [1.82, 2.24) is 14.5 Å². The average molecular weight is 323 g/mol. The largest absolute Gasteiger partial charge is 0.481 e. The molecule has 1 atom stereocenters. The number of sulfonamides is 1. The number of nitrogens with zero attached hydrogens (tertiary/aromatic N) is 2. The Hall–Kier alpha value is -2.19. The van der Waals surface area contributed by atoms with E-state index in [1.807, 2.05) is 0 Å². The van der Waals surface area contributed by atoms with Gasteiger partial charge in [0.05, 0.1) is 17.8 Å². The van der Waals surface area contributed by atoms with E-state index >= 15 is 0 Å². The lowest BCUT2D eigenvalue weighted by molar-refractivity contribution is -0.138. The summed E-state index contributed by atoms with van der Waals surface area (Å²) in [5.41, 5.74) is 1.03. The van der Waals surface area contributed by atoms with Gasteiger partial charge in [0.2, 0.25) is 10.0 Å². The number of aliphatic carboxylic acids is 1. The summed E-state index contributed by atoms with van der Waals surface area (Å²) in [6, 6.07) is 8.51. The van der Waals surface area contributed by atoms with E-state index < -0.39 is 21.9 Å². The Morgan fingerprint density at radius 3 is 2.50 bits per heavy atom. The van der Waals surface area contributed by atoms with E-state index in [1.54, 1.807) is 44.3 Å². The molecule has 8 heteroatoms.